The summed E-state index contributed by atoms with van der Waals surface area (Å²) < 4.78 is 10.2. The predicted octanol–water partition coefficient (Wildman–Crippen LogP) is 3.12. The Balaban J connectivity index is 1.89. The van der Waals surface area contributed by atoms with Crippen molar-refractivity contribution in [3.05, 3.63) is 54.6 Å². The number of methoxy groups -OCH3 is 1. The predicted molar refractivity (Wildman–Crippen MR) is 86.6 cm³/mol. The molecule has 2 aromatic rings. The second-order valence-electron chi connectivity index (χ2n) is 4.81. The lowest BCUT2D eigenvalue weighted by molar-refractivity contribution is -0.116. The third kappa shape index (κ3) is 5.03. The quantitative estimate of drug-likeness (QED) is 0.920. The molecule has 0 radical (unpaired) electrons. The largest absolute Gasteiger partial charge is 0.457 e. The van der Waals surface area contributed by atoms with E-state index in [2.05, 4.69) is 10.1 Å². The number of carbonyl (C=O) groups excluding carboxylic acids is 2. The van der Waals surface area contributed by atoms with Gasteiger partial charge in [-0.2, -0.15) is 0 Å². The van der Waals surface area contributed by atoms with Crippen LogP contribution in [0, 0.1) is 0 Å². The molecule has 6 heteroatoms. The van der Waals surface area contributed by atoms with Crippen LogP contribution in [0.4, 0.5) is 10.5 Å². The van der Waals surface area contributed by atoms with Gasteiger partial charge in [0, 0.05) is 12.7 Å². The van der Waals surface area contributed by atoms with E-state index >= 15 is 0 Å². The number of para-hydroxylation sites is 1. The van der Waals surface area contributed by atoms with Gasteiger partial charge in [-0.05, 0) is 36.4 Å². The van der Waals surface area contributed by atoms with Crippen LogP contribution in [-0.2, 0) is 9.53 Å². The van der Waals surface area contributed by atoms with Crippen LogP contribution in [-0.4, -0.2) is 37.6 Å². The van der Waals surface area contributed by atoms with Gasteiger partial charge in [-0.25, -0.2) is 4.79 Å². The number of carbonyl (C=O) groups is 2. The Hall–Kier alpha value is -3.02. The van der Waals surface area contributed by atoms with Crippen molar-refractivity contribution in [3.63, 3.8) is 0 Å². The molecule has 0 heterocycles. The molecule has 1 N–H and O–H groups in total. The normalized spacial score (nSPS) is 9.83. The lowest BCUT2D eigenvalue weighted by atomic mass is 10.3. The first-order chi connectivity index (χ1) is 11.1. The van der Waals surface area contributed by atoms with Crippen molar-refractivity contribution in [1.82, 2.24) is 4.90 Å². The minimum atomic E-state index is -0.563. The number of nitrogens with one attached hydrogen (secondary N) is 1. The summed E-state index contributed by atoms with van der Waals surface area (Å²) in [6.07, 6.45) is -0.563. The number of nitrogens with zero attached hydrogens (tertiary/aromatic N) is 1. The summed E-state index contributed by atoms with van der Waals surface area (Å²) in [7, 11) is 2.75. The van der Waals surface area contributed by atoms with Gasteiger partial charge in [0.05, 0.1) is 7.11 Å². The lowest BCUT2D eigenvalue weighted by Gasteiger charge is -2.15. The van der Waals surface area contributed by atoms with Gasteiger partial charge in [0.2, 0.25) is 5.91 Å². The average molecular weight is 314 g/mol. The van der Waals surface area contributed by atoms with E-state index in [1.54, 1.807) is 24.3 Å². The summed E-state index contributed by atoms with van der Waals surface area (Å²) >= 11 is 0. The van der Waals surface area contributed by atoms with Crippen molar-refractivity contribution in [2.45, 2.75) is 0 Å². The Morgan fingerprint density at radius 3 is 2.22 bits per heavy atom. The molecule has 0 bridgehead atoms. The molecule has 2 amide bonds. The van der Waals surface area contributed by atoms with Gasteiger partial charge in [0.25, 0.3) is 0 Å². The first-order valence-corrected chi connectivity index (χ1v) is 7.00. The van der Waals surface area contributed by atoms with Gasteiger partial charge in [0.1, 0.15) is 18.0 Å². The molecule has 6 nitrogen and oxygen atoms in total. The molecule has 0 saturated heterocycles. The highest BCUT2D eigenvalue weighted by molar-refractivity contribution is 5.93. The highest BCUT2D eigenvalue weighted by atomic mass is 16.5. The van der Waals surface area contributed by atoms with Gasteiger partial charge >= 0.3 is 6.09 Å². The molecule has 0 unspecified atom stereocenters. The van der Waals surface area contributed by atoms with Crippen molar-refractivity contribution in [1.29, 1.82) is 0 Å². The van der Waals surface area contributed by atoms with E-state index in [9.17, 15) is 9.59 Å². The summed E-state index contributed by atoms with van der Waals surface area (Å²) in [6, 6.07) is 16.4. The van der Waals surface area contributed by atoms with Crippen LogP contribution < -0.4 is 10.1 Å². The molecule has 0 aliphatic rings. The summed E-state index contributed by atoms with van der Waals surface area (Å²) in [4.78, 5) is 24.2. The Morgan fingerprint density at radius 2 is 1.61 bits per heavy atom. The van der Waals surface area contributed by atoms with Crippen molar-refractivity contribution in [2.75, 3.05) is 26.0 Å². The molecular formula is C17H18N2O4. The van der Waals surface area contributed by atoms with Crippen LogP contribution in [0.15, 0.2) is 54.6 Å². The van der Waals surface area contributed by atoms with Crippen LogP contribution in [0.3, 0.4) is 0 Å². The van der Waals surface area contributed by atoms with E-state index in [0.29, 0.717) is 11.4 Å². The van der Waals surface area contributed by atoms with Crippen molar-refractivity contribution in [3.8, 4) is 11.5 Å². The number of anilines is 1. The first-order valence-electron chi connectivity index (χ1n) is 7.00. The van der Waals surface area contributed by atoms with E-state index in [1.807, 2.05) is 30.3 Å². The minimum absolute atomic E-state index is 0.0884. The Bertz CT molecular complexity index is 656. The third-order valence-corrected chi connectivity index (χ3v) is 2.98. The zero-order valence-electron chi connectivity index (χ0n) is 13.0. The Kier molecular flexibility index (Phi) is 5.57. The summed E-state index contributed by atoms with van der Waals surface area (Å²) in [5, 5.41) is 2.70. The number of rotatable bonds is 5. The van der Waals surface area contributed by atoms with Crippen LogP contribution in [0.5, 0.6) is 11.5 Å². The molecular weight excluding hydrogens is 296 g/mol. The van der Waals surface area contributed by atoms with Crippen molar-refractivity contribution in [2.24, 2.45) is 0 Å². The highest BCUT2D eigenvalue weighted by Crippen LogP contribution is 2.22. The van der Waals surface area contributed by atoms with E-state index in [0.717, 1.165) is 5.75 Å². The van der Waals surface area contributed by atoms with E-state index in [-0.39, 0.29) is 12.5 Å². The molecule has 120 valence electrons. The van der Waals surface area contributed by atoms with Gasteiger partial charge < -0.3 is 19.7 Å². The zero-order chi connectivity index (χ0) is 16.7. The second kappa shape index (κ2) is 7.84. The fourth-order valence-electron chi connectivity index (χ4n) is 1.87. The standard InChI is InChI=1S/C17H18N2O4/c1-19(17(21)22-2)12-16(20)18-13-8-10-15(11-9-13)23-14-6-4-3-5-7-14/h3-11H,12H2,1-2H3,(H,18,20). The van der Waals surface area contributed by atoms with E-state index in [4.69, 9.17) is 4.74 Å². The maximum Gasteiger partial charge on any atom is 0.409 e. The number of benzene rings is 2. The monoisotopic (exact) mass is 314 g/mol. The minimum Gasteiger partial charge on any atom is -0.457 e. The summed E-state index contributed by atoms with van der Waals surface area (Å²) in [5.74, 6) is 1.10. The number of hydrogen-bond acceptors (Lipinski definition) is 4. The van der Waals surface area contributed by atoms with Crippen LogP contribution in [0.25, 0.3) is 0 Å². The van der Waals surface area contributed by atoms with E-state index < -0.39 is 6.09 Å². The van der Waals surface area contributed by atoms with Crippen LogP contribution in [0.1, 0.15) is 0 Å². The average Bonchev–Trinajstić information content (AvgIpc) is 2.56. The number of ether oxygens (including phenoxy) is 2. The molecule has 0 aromatic heterocycles. The van der Waals surface area contributed by atoms with Crippen LogP contribution >= 0.6 is 0 Å². The Labute approximate surface area is 134 Å². The SMILES string of the molecule is COC(=O)N(C)CC(=O)Nc1ccc(Oc2ccccc2)cc1. The number of likely N-dealkylation sites (N-methyl/N-ethyl adjacent to an activating group) is 1. The second-order valence-corrected chi connectivity index (χ2v) is 4.81. The summed E-state index contributed by atoms with van der Waals surface area (Å²) in [5.41, 5.74) is 0.619. The van der Waals surface area contributed by atoms with Gasteiger partial charge in [-0.15, -0.1) is 0 Å². The number of hydrogen-bond donors (Lipinski definition) is 1. The molecule has 23 heavy (non-hydrogen) atoms. The fraction of sp³-hybridized carbons (Fsp3) is 0.176. The Morgan fingerprint density at radius 1 is 1.00 bits per heavy atom. The molecule has 2 rings (SSSR count). The molecule has 0 saturated carbocycles. The first kappa shape index (κ1) is 16.4. The smallest absolute Gasteiger partial charge is 0.409 e. The summed E-state index contributed by atoms with van der Waals surface area (Å²) in [6.45, 7) is -0.0884. The van der Waals surface area contributed by atoms with Crippen molar-refractivity contribution >= 4 is 17.7 Å². The van der Waals surface area contributed by atoms with Gasteiger partial charge in [0.15, 0.2) is 0 Å². The lowest BCUT2D eigenvalue weighted by Crippen LogP contribution is -2.34. The topological polar surface area (TPSA) is 67.9 Å². The van der Waals surface area contributed by atoms with Gasteiger partial charge in [-0.3, -0.25) is 4.79 Å². The maximum atomic E-state index is 11.8. The third-order valence-electron chi connectivity index (χ3n) is 2.98. The molecule has 0 aliphatic heterocycles. The fourth-order valence-corrected chi connectivity index (χ4v) is 1.87. The molecule has 2 aromatic carbocycles. The maximum absolute atomic E-state index is 11.8. The molecule has 0 atom stereocenters. The van der Waals surface area contributed by atoms with Gasteiger partial charge in [-0.1, -0.05) is 18.2 Å². The zero-order valence-corrected chi connectivity index (χ0v) is 13.0. The molecule has 0 spiro atoms. The molecule has 0 aliphatic carbocycles. The van der Waals surface area contributed by atoms with Crippen LogP contribution in [0.2, 0.25) is 0 Å². The van der Waals surface area contributed by atoms with E-state index in [1.165, 1.54) is 19.1 Å². The molecule has 0 fully saturated rings. The highest BCUT2D eigenvalue weighted by Gasteiger charge is 2.12. The van der Waals surface area contributed by atoms with Crippen molar-refractivity contribution < 1.29 is 19.1 Å². The number of amides is 2.